The summed E-state index contributed by atoms with van der Waals surface area (Å²) >= 11 is 0. The number of piperazine rings is 1. The molecule has 3 rings (SSSR count). The number of hydrogen-bond acceptors (Lipinski definition) is 5. The summed E-state index contributed by atoms with van der Waals surface area (Å²) in [5, 5.41) is 13.2. The first-order valence-electron chi connectivity index (χ1n) is 9.38. The Bertz CT molecular complexity index is 954. The fraction of sp³-hybridized carbons (Fsp3) is 0.300. The molecule has 8 nitrogen and oxygen atoms in total. The number of nitro benzene ring substituents is 1. The van der Waals surface area contributed by atoms with Crippen molar-refractivity contribution >= 4 is 23.2 Å². The second kappa shape index (κ2) is 9.02. The van der Waals surface area contributed by atoms with Crippen LogP contribution in [0.4, 0.5) is 24.5 Å². The molecule has 164 valence electrons. The van der Waals surface area contributed by atoms with Gasteiger partial charge in [-0.3, -0.25) is 19.7 Å². The zero-order valence-electron chi connectivity index (χ0n) is 16.3. The average molecular weight is 436 g/mol. The first-order valence-corrected chi connectivity index (χ1v) is 9.38. The summed E-state index contributed by atoms with van der Waals surface area (Å²) in [6, 6.07) is 9.90. The van der Waals surface area contributed by atoms with Crippen molar-refractivity contribution in [2.75, 3.05) is 37.6 Å². The Balaban J connectivity index is 1.47. The van der Waals surface area contributed by atoms with Gasteiger partial charge < -0.3 is 15.1 Å². The van der Waals surface area contributed by atoms with Crippen molar-refractivity contribution in [1.29, 1.82) is 0 Å². The molecule has 2 amide bonds. The Morgan fingerprint density at radius 1 is 0.968 bits per heavy atom. The molecule has 0 atom stereocenters. The van der Waals surface area contributed by atoms with Gasteiger partial charge in [0, 0.05) is 49.6 Å². The van der Waals surface area contributed by atoms with Crippen molar-refractivity contribution in [3.63, 3.8) is 0 Å². The molecule has 1 heterocycles. The maximum absolute atomic E-state index is 12.6. The number of alkyl halides is 3. The fourth-order valence-electron chi connectivity index (χ4n) is 3.18. The smallest absolute Gasteiger partial charge is 0.368 e. The van der Waals surface area contributed by atoms with Gasteiger partial charge in [-0.15, -0.1) is 0 Å². The summed E-state index contributed by atoms with van der Waals surface area (Å²) < 4.78 is 37.8. The third-order valence-electron chi connectivity index (χ3n) is 4.93. The highest BCUT2D eigenvalue weighted by Crippen LogP contribution is 2.29. The van der Waals surface area contributed by atoms with Crippen molar-refractivity contribution in [3.05, 3.63) is 69.8 Å². The Hall–Kier alpha value is -3.63. The molecule has 2 aromatic carbocycles. The number of hydrogen-bond donors (Lipinski definition) is 1. The van der Waals surface area contributed by atoms with Gasteiger partial charge in [-0.05, 0) is 36.4 Å². The summed E-state index contributed by atoms with van der Waals surface area (Å²) in [6.45, 7) is 1.60. The van der Waals surface area contributed by atoms with E-state index >= 15 is 0 Å². The molecular formula is C20H19F3N4O4. The second-order valence-corrected chi connectivity index (χ2v) is 6.90. The van der Waals surface area contributed by atoms with Crippen molar-refractivity contribution in [3.8, 4) is 0 Å². The van der Waals surface area contributed by atoms with Crippen LogP contribution in [0.3, 0.4) is 0 Å². The summed E-state index contributed by atoms with van der Waals surface area (Å²) in [5.41, 5.74) is -0.00975. The normalized spacial score (nSPS) is 14.3. The highest BCUT2D eigenvalue weighted by atomic mass is 19.4. The molecule has 0 radical (unpaired) electrons. The van der Waals surface area contributed by atoms with E-state index in [0.29, 0.717) is 26.2 Å². The van der Waals surface area contributed by atoms with Crippen LogP contribution in [0.25, 0.3) is 0 Å². The van der Waals surface area contributed by atoms with E-state index in [0.717, 1.165) is 30.0 Å². The number of halogens is 3. The summed E-state index contributed by atoms with van der Waals surface area (Å²) in [6.07, 6.45) is -4.48. The van der Waals surface area contributed by atoms with Crippen LogP contribution in [-0.2, 0) is 11.0 Å². The molecule has 1 aliphatic heterocycles. The van der Waals surface area contributed by atoms with Gasteiger partial charge in [-0.25, -0.2) is 0 Å². The van der Waals surface area contributed by atoms with E-state index in [4.69, 9.17) is 0 Å². The minimum Gasteiger partial charge on any atom is -0.368 e. The number of nitro groups is 1. The van der Waals surface area contributed by atoms with Crippen LogP contribution in [-0.4, -0.2) is 54.4 Å². The van der Waals surface area contributed by atoms with Gasteiger partial charge in [-0.1, -0.05) is 0 Å². The zero-order chi connectivity index (χ0) is 22.6. The molecule has 0 spiro atoms. The van der Waals surface area contributed by atoms with E-state index in [1.807, 2.05) is 4.90 Å². The van der Waals surface area contributed by atoms with Crippen molar-refractivity contribution in [2.45, 2.75) is 6.18 Å². The number of nitrogens with zero attached hydrogens (tertiary/aromatic N) is 3. The number of carbonyl (C=O) groups is 2. The SMILES string of the molecule is O=C(NCC(=O)N1CCN(c2ccc([N+](=O)[O-])cc2)CC1)c1ccc(C(F)(F)F)cc1. The molecule has 1 fully saturated rings. The number of rotatable bonds is 5. The van der Waals surface area contributed by atoms with Gasteiger partial charge in [0.05, 0.1) is 17.0 Å². The van der Waals surface area contributed by atoms with Gasteiger partial charge in [-0.2, -0.15) is 13.2 Å². The predicted octanol–water partition coefficient (Wildman–Crippen LogP) is 2.69. The predicted molar refractivity (Wildman–Crippen MR) is 106 cm³/mol. The maximum atomic E-state index is 12.6. The highest BCUT2D eigenvalue weighted by Gasteiger charge is 2.30. The van der Waals surface area contributed by atoms with Crippen LogP contribution >= 0.6 is 0 Å². The number of amides is 2. The Kier molecular flexibility index (Phi) is 6.42. The number of carbonyl (C=O) groups excluding carboxylic acids is 2. The van der Waals surface area contributed by atoms with Crippen LogP contribution in [0.2, 0.25) is 0 Å². The van der Waals surface area contributed by atoms with E-state index < -0.39 is 22.6 Å². The van der Waals surface area contributed by atoms with Gasteiger partial charge in [0.2, 0.25) is 5.91 Å². The minimum absolute atomic E-state index is 0.00125. The lowest BCUT2D eigenvalue weighted by molar-refractivity contribution is -0.384. The molecule has 1 saturated heterocycles. The van der Waals surface area contributed by atoms with Crippen LogP contribution < -0.4 is 10.2 Å². The third kappa shape index (κ3) is 5.50. The lowest BCUT2D eigenvalue weighted by Crippen LogP contribution is -2.51. The standard InChI is InChI=1S/C20H19F3N4O4/c21-20(22,23)15-3-1-14(2-4-15)19(29)24-13-18(28)26-11-9-25(10-12-26)16-5-7-17(8-6-16)27(30)31/h1-8H,9-13H2,(H,24,29). The fourth-order valence-corrected chi connectivity index (χ4v) is 3.18. The summed E-state index contributed by atoms with van der Waals surface area (Å²) in [4.78, 5) is 38.3. The maximum Gasteiger partial charge on any atom is 0.416 e. The van der Waals surface area contributed by atoms with E-state index in [1.165, 1.54) is 12.1 Å². The molecule has 1 N–H and O–H groups in total. The third-order valence-corrected chi connectivity index (χ3v) is 4.93. The van der Waals surface area contributed by atoms with Gasteiger partial charge >= 0.3 is 6.18 Å². The molecule has 1 aliphatic rings. The van der Waals surface area contributed by atoms with Gasteiger partial charge in [0.25, 0.3) is 11.6 Å². The van der Waals surface area contributed by atoms with E-state index in [-0.39, 0.29) is 23.7 Å². The molecular weight excluding hydrogens is 417 g/mol. The Morgan fingerprint density at radius 3 is 2.06 bits per heavy atom. The monoisotopic (exact) mass is 436 g/mol. The molecule has 2 aromatic rings. The molecule has 11 heteroatoms. The lowest BCUT2D eigenvalue weighted by atomic mass is 10.1. The molecule has 0 bridgehead atoms. The van der Waals surface area contributed by atoms with E-state index in [1.54, 1.807) is 17.0 Å². The largest absolute Gasteiger partial charge is 0.416 e. The second-order valence-electron chi connectivity index (χ2n) is 6.90. The van der Waals surface area contributed by atoms with Crippen molar-refractivity contribution in [2.24, 2.45) is 0 Å². The number of nitrogens with one attached hydrogen (secondary N) is 1. The number of non-ortho nitro benzene ring substituents is 1. The summed E-state index contributed by atoms with van der Waals surface area (Å²) in [7, 11) is 0. The van der Waals surface area contributed by atoms with Gasteiger partial charge in [0.1, 0.15) is 0 Å². The van der Waals surface area contributed by atoms with Gasteiger partial charge in [0.15, 0.2) is 0 Å². The van der Waals surface area contributed by atoms with E-state index in [2.05, 4.69) is 5.32 Å². The topological polar surface area (TPSA) is 95.8 Å². The average Bonchev–Trinajstić information content (AvgIpc) is 2.77. The first-order chi connectivity index (χ1) is 14.6. The van der Waals surface area contributed by atoms with E-state index in [9.17, 15) is 32.9 Å². The number of benzene rings is 2. The quantitative estimate of drug-likeness (QED) is 0.574. The molecule has 0 unspecified atom stereocenters. The molecule has 0 aromatic heterocycles. The Morgan fingerprint density at radius 2 is 1.55 bits per heavy atom. The minimum atomic E-state index is -4.48. The first kappa shape index (κ1) is 22.1. The zero-order valence-corrected chi connectivity index (χ0v) is 16.3. The molecule has 31 heavy (non-hydrogen) atoms. The van der Waals surface area contributed by atoms with Crippen LogP contribution in [0, 0.1) is 10.1 Å². The van der Waals surface area contributed by atoms with Crippen molar-refractivity contribution < 1.29 is 27.7 Å². The lowest BCUT2D eigenvalue weighted by Gasteiger charge is -2.36. The highest BCUT2D eigenvalue weighted by molar-refractivity contribution is 5.96. The molecule has 0 aliphatic carbocycles. The Labute approximate surface area is 175 Å². The molecule has 0 saturated carbocycles. The van der Waals surface area contributed by atoms with Crippen LogP contribution in [0.5, 0.6) is 0 Å². The summed E-state index contributed by atoms with van der Waals surface area (Å²) in [5.74, 6) is -0.935. The van der Waals surface area contributed by atoms with Crippen LogP contribution in [0.15, 0.2) is 48.5 Å². The number of anilines is 1. The van der Waals surface area contributed by atoms with Crippen molar-refractivity contribution in [1.82, 2.24) is 10.2 Å². The van der Waals surface area contributed by atoms with Crippen LogP contribution in [0.1, 0.15) is 15.9 Å².